The van der Waals surface area contributed by atoms with Crippen LogP contribution in [0.4, 0.5) is 0 Å². The predicted octanol–water partition coefficient (Wildman–Crippen LogP) is -1.96. The Morgan fingerprint density at radius 3 is 1.88 bits per heavy atom. The molecule has 0 saturated carbocycles. The minimum atomic E-state index is -3.05. The first-order chi connectivity index (χ1) is 10.8. The molecule has 0 aliphatic carbocycles. The van der Waals surface area contributed by atoms with Crippen molar-refractivity contribution in [1.82, 2.24) is 5.32 Å². The number of ketones is 3. The molecular weight excluding hydrogens is 346 g/mol. The molecule has 136 valence electrons. The van der Waals surface area contributed by atoms with Gasteiger partial charge in [0.2, 0.25) is 5.91 Å². The summed E-state index contributed by atoms with van der Waals surface area (Å²) in [5.41, 5.74) is -7.62. The van der Waals surface area contributed by atoms with E-state index in [9.17, 15) is 34.5 Å². The molecule has 1 fully saturated rings. The van der Waals surface area contributed by atoms with Crippen molar-refractivity contribution in [3.8, 4) is 0 Å². The van der Waals surface area contributed by atoms with E-state index in [0.717, 1.165) is 27.7 Å². The highest BCUT2D eigenvalue weighted by Crippen LogP contribution is 2.41. The standard InChI is InChI=1S/C14H20ClNO8/c1-5(17)9(21)11-14(23,7(3)19)13(22,6(2)18)10(12(15)24-11)16-8(4)20/h5,10-12,17,22-23H,1-4H3,(H,16,20)/t5?,10-,11-,12+,13-,14-/m1/s1. The molecule has 1 amide bonds. The average molecular weight is 366 g/mol. The molecule has 0 spiro atoms. The van der Waals surface area contributed by atoms with E-state index in [4.69, 9.17) is 16.3 Å². The number of aliphatic hydroxyl groups is 3. The molecule has 4 N–H and O–H groups in total. The highest BCUT2D eigenvalue weighted by molar-refractivity contribution is 6.21. The molecule has 0 aromatic heterocycles. The van der Waals surface area contributed by atoms with Gasteiger partial charge in [-0.15, -0.1) is 0 Å². The Bertz CT molecular complexity index is 579. The summed E-state index contributed by atoms with van der Waals surface area (Å²) in [6.45, 7) is 3.81. The topological polar surface area (TPSA) is 150 Å². The van der Waals surface area contributed by atoms with Crippen LogP contribution in [-0.4, -0.2) is 73.6 Å². The van der Waals surface area contributed by atoms with E-state index < -0.39 is 58.3 Å². The average Bonchev–Trinajstić information content (AvgIpc) is 2.45. The predicted molar refractivity (Wildman–Crippen MR) is 80.1 cm³/mol. The van der Waals surface area contributed by atoms with Gasteiger partial charge >= 0.3 is 0 Å². The monoisotopic (exact) mass is 365 g/mol. The number of hydrogen-bond acceptors (Lipinski definition) is 8. The second kappa shape index (κ2) is 6.85. The Morgan fingerprint density at radius 1 is 1.08 bits per heavy atom. The van der Waals surface area contributed by atoms with E-state index in [-0.39, 0.29) is 0 Å². The molecule has 0 bridgehead atoms. The van der Waals surface area contributed by atoms with Crippen LogP contribution in [0, 0.1) is 0 Å². The smallest absolute Gasteiger partial charge is 0.217 e. The van der Waals surface area contributed by atoms with Crippen molar-refractivity contribution >= 4 is 34.9 Å². The number of rotatable bonds is 5. The molecular formula is C14H20ClNO8. The van der Waals surface area contributed by atoms with Crippen LogP contribution in [0.2, 0.25) is 0 Å². The van der Waals surface area contributed by atoms with E-state index in [2.05, 4.69) is 5.32 Å². The Hall–Kier alpha value is -1.39. The normalized spacial score (nSPS) is 37.4. The van der Waals surface area contributed by atoms with Crippen LogP contribution in [0.25, 0.3) is 0 Å². The van der Waals surface area contributed by atoms with Gasteiger partial charge in [-0.1, -0.05) is 11.6 Å². The summed E-state index contributed by atoms with van der Waals surface area (Å²) in [6.07, 6.45) is -3.77. The summed E-state index contributed by atoms with van der Waals surface area (Å²) >= 11 is 5.93. The van der Waals surface area contributed by atoms with E-state index >= 15 is 0 Å². The molecule has 9 nitrogen and oxygen atoms in total. The van der Waals surface area contributed by atoms with Crippen LogP contribution in [0.1, 0.15) is 27.7 Å². The molecule has 1 saturated heterocycles. The van der Waals surface area contributed by atoms with Crippen molar-refractivity contribution in [2.75, 3.05) is 0 Å². The molecule has 24 heavy (non-hydrogen) atoms. The number of carbonyl (C=O) groups excluding carboxylic acids is 4. The van der Waals surface area contributed by atoms with Crippen molar-refractivity contribution in [1.29, 1.82) is 0 Å². The maximum atomic E-state index is 12.1. The third kappa shape index (κ3) is 2.98. The summed E-state index contributed by atoms with van der Waals surface area (Å²) in [5, 5.41) is 33.3. The van der Waals surface area contributed by atoms with Crippen LogP contribution in [0.3, 0.4) is 0 Å². The number of alkyl halides is 1. The molecule has 0 radical (unpaired) electrons. The summed E-state index contributed by atoms with van der Waals surface area (Å²) < 4.78 is 5.10. The SMILES string of the molecule is CC(=O)N[C@@H]1[C@@H](Cl)O[C@H](C(=O)C(C)O)[C@](O)(C(C)=O)[C@@]1(O)C(C)=O. The zero-order valence-electron chi connectivity index (χ0n) is 13.6. The second-order valence-corrected chi connectivity index (χ2v) is 6.20. The van der Waals surface area contributed by atoms with Crippen LogP contribution in [-0.2, 0) is 23.9 Å². The molecule has 1 aliphatic rings. The largest absolute Gasteiger partial charge is 0.386 e. The fraction of sp³-hybridized carbons (Fsp3) is 0.714. The molecule has 1 unspecified atom stereocenters. The zero-order valence-corrected chi connectivity index (χ0v) is 14.3. The molecule has 1 rings (SSSR count). The number of ether oxygens (including phenoxy) is 1. The first-order valence-corrected chi connectivity index (χ1v) is 7.50. The fourth-order valence-electron chi connectivity index (χ4n) is 2.75. The van der Waals surface area contributed by atoms with Gasteiger partial charge in [0.15, 0.2) is 40.2 Å². The van der Waals surface area contributed by atoms with Gasteiger partial charge in [0.05, 0.1) is 0 Å². The fourth-order valence-corrected chi connectivity index (χ4v) is 3.10. The molecule has 1 heterocycles. The van der Waals surface area contributed by atoms with Gasteiger partial charge in [-0.05, 0) is 20.8 Å². The van der Waals surface area contributed by atoms with Gasteiger partial charge in [-0.3, -0.25) is 19.2 Å². The Balaban J connectivity index is 3.65. The number of nitrogens with one attached hydrogen (secondary N) is 1. The number of amides is 1. The molecule has 10 heteroatoms. The highest BCUT2D eigenvalue weighted by atomic mass is 35.5. The zero-order chi connectivity index (χ0) is 19.0. The number of halogens is 1. The van der Waals surface area contributed by atoms with Crippen molar-refractivity contribution in [2.24, 2.45) is 0 Å². The summed E-state index contributed by atoms with van der Waals surface area (Å²) in [6, 6.07) is -1.71. The van der Waals surface area contributed by atoms with Crippen molar-refractivity contribution in [2.45, 2.75) is 62.7 Å². The van der Waals surface area contributed by atoms with Crippen molar-refractivity contribution < 1.29 is 39.2 Å². The third-order valence-corrected chi connectivity index (χ3v) is 4.40. The first-order valence-electron chi connectivity index (χ1n) is 7.07. The van der Waals surface area contributed by atoms with Gasteiger partial charge in [0.25, 0.3) is 0 Å². The van der Waals surface area contributed by atoms with Crippen molar-refractivity contribution in [3.63, 3.8) is 0 Å². The maximum Gasteiger partial charge on any atom is 0.217 e. The second-order valence-electron chi connectivity index (χ2n) is 5.77. The third-order valence-electron chi connectivity index (χ3n) is 4.04. The number of Topliss-reactive ketones (excluding diaryl/α,β-unsaturated/α-hetero) is 3. The van der Waals surface area contributed by atoms with E-state index in [1.807, 2.05) is 0 Å². The molecule has 6 atom stereocenters. The lowest BCUT2D eigenvalue weighted by Crippen LogP contribution is -2.82. The summed E-state index contributed by atoms with van der Waals surface area (Å²) in [5.74, 6) is -4.16. The minimum absolute atomic E-state index is 0.722. The number of hydrogen-bond donors (Lipinski definition) is 4. The Morgan fingerprint density at radius 2 is 1.54 bits per heavy atom. The number of aliphatic hydroxyl groups excluding tert-OH is 1. The Kier molecular flexibility index (Phi) is 5.89. The van der Waals surface area contributed by atoms with Crippen LogP contribution in [0.15, 0.2) is 0 Å². The summed E-state index contributed by atoms with van der Waals surface area (Å²) in [4.78, 5) is 47.7. The molecule has 0 aromatic carbocycles. The van der Waals surface area contributed by atoms with Crippen LogP contribution >= 0.6 is 11.6 Å². The van der Waals surface area contributed by atoms with Gasteiger partial charge in [-0.2, -0.15) is 0 Å². The summed E-state index contributed by atoms with van der Waals surface area (Å²) in [7, 11) is 0. The quantitative estimate of drug-likeness (QED) is 0.410. The molecule has 0 aromatic rings. The minimum Gasteiger partial charge on any atom is -0.386 e. The lowest BCUT2D eigenvalue weighted by molar-refractivity contribution is -0.250. The van der Waals surface area contributed by atoms with Crippen LogP contribution in [0.5, 0.6) is 0 Å². The van der Waals surface area contributed by atoms with Crippen LogP contribution < -0.4 is 5.32 Å². The van der Waals surface area contributed by atoms with Gasteiger partial charge in [0.1, 0.15) is 12.1 Å². The Labute approximate surface area is 142 Å². The lowest BCUT2D eigenvalue weighted by Gasteiger charge is -2.53. The van der Waals surface area contributed by atoms with E-state index in [1.165, 1.54) is 0 Å². The molecule has 1 aliphatic heterocycles. The maximum absolute atomic E-state index is 12.1. The van der Waals surface area contributed by atoms with Crippen molar-refractivity contribution in [3.05, 3.63) is 0 Å². The highest BCUT2D eigenvalue weighted by Gasteiger charge is 2.71. The van der Waals surface area contributed by atoms with E-state index in [1.54, 1.807) is 0 Å². The first kappa shape index (κ1) is 20.7. The van der Waals surface area contributed by atoms with E-state index in [0.29, 0.717) is 0 Å². The van der Waals surface area contributed by atoms with Gasteiger partial charge < -0.3 is 25.4 Å². The van der Waals surface area contributed by atoms with Gasteiger partial charge in [-0.25, -0.2) is 0 Å². The number of carbonyl (C=O) groups is 4. The lowest BCUT2D eigenvalue weighted by atomic mass is 9.66. The van der Waals surface area contributed by atoms with Gasteiger partial charge in [0, 0.05) is 6.92 Å².